The summed E-state index contributed by atoms with van der Waals surface area (Å²) in [7, 11) is 0. The van der Waals surface area contributed by atoms with Gasteiger partial charge in [-0.1, -0.05) is 45.4 Å². The predicted octanol–water partition coefficient (Wildman–Crippen LogP) is 2.82. The summed E-state index contributed by atoms with van der Waals surface area (Å²) >= 11 is 0. The number of carbonyl (C=O) groups is 1. The van der Waals surface area contributed by atoms with E-state index in [-0.39, 0.29) is 5.91 Å². The molecule has 1 amide bonds. The average molecular weight is 248 g/mol. The van der Waals surface area contributed by atoms with Crippen molar-refractivity contribution in [3.05, 3.63) is 30.3 Å². The van der Waals surface area contributed by atoms with E-state index in [4.69, 9.17) is 0 Å². The Bertz CT molecular complexity index is 349. The summed E-state index contributed by atoms with van der Waals surface area (Å²) in [6, 6.07) is 10.2. The molecule has 0 fully saturated rings. The fourth-order valence-corrected chi connectivity index (χ4v) is 1.71. The van der Waals surface area contributed by atoms with E-state index in [0.29, 0.717) is 12.6 Å². The van der Waals surface area contributed by atoms with Crippen LogP contribution in [-0.4, -0.2) is 25.0 Å². The number of benzene rings is 1. The van der Waals surface area contributed by atoms with Crippen molar-refractivity contribution in [3.63, 3.8) is 0 Å². The van der Waals surface area contributed by atoms with E-state index in [2.05, 4.69) is 12.2 Å². The van der Waals surface area contributed by atoms with Gasteiger partial charge in [0.05, 0.1) is 6.54 Å². The van der Waals surface area contributed by atoms with Crippen molar-refractivity contribution < 1.29 is 4.79 Å². The second-order valence-electron chi connectivity index (χ2n) is 4.77. The fraction of sp³-hybridized carbons (Fsp3) is 0.533. The number of hydrogen-bond acceptors (Lipinski definition) is 2. The van der Waals surface area contributed by atoms with Crippen molar-refractivity contribution in [2.75, 3.05) is 18.0 Å². The lowest BCUT2D eigenvalue weighted by Crippen LogP contribution is -2.40. The quantitative estimate of drug-likeness (QED) is 0.804. The van der Waals surface area contributed by atoms with Gasteiger partial charge in [-0.3, -0.25) is 4.79 Å². The summed E-state index contributed by atoms with van der Waals surface area (Å²) in [5, 5.41) is 3.18. The van der Waals surface area contributed by atoms with E-state index in [1.165, 1.54) is 0 Å². The molecule has 0 aliphatic rings. The summed E-state index contributed by atoms with van der Waals surface area (Å²) in [5.74, 6) is 0.142. The number of unbranched alkanes of at least 4 members (excludes halogenated alkanes) is 1. The normalized spacial score (nSPS) is 10.7. The molecule has 18 heavy (non-hydrogen) atoms. The molecule has 0 aromatic heterocycles. The van der Waals surface area contributed by atoms with E-state index in [0.717, 1.165) is 25.1 Å². The molecule has 0 atom stereocenters. The largest absolute Gasteiger partial charge is 0.311 e. The molecule has 1 aromatic rings. The van der Waals surface area contributed by atoms with Gasteiger partial charge in [0.1, 0.15) is 0 Å². The van der Waals surface area contributed by atoms with Crippen LogP contribution in [0.3, 0.4) is 0 Å². The van der Waals surface area contributed by atoms with Crippen LogP contribution in [0.4, 0.5) is 5.69 Å². The molecule has 0 aliphatic carbocycles. The van der Waals surface area contributed by atoms with Gasteiger partial charge < -0.3 is 10.2 Å². The highest BCUT2D eigenvalue weighted by Gasteiger charge is 2.14. The molecule has 3 nitrogen and oxygen atoms in total. The SMILES string of the molecule is CCCCN(C(=O)CNC(C)C)c1ccccc1. The van der Waals surface area contributed by atoms with Gasteiger partial charge in [0.15, 0.2) is 0 Å². The molecule has 100 valence electrons. The van der Waals surface area contributed by atoms with Crippen LogP contribution < -0.4 is 10.2 Å². The molecule has 1 rings (SSSR count). The number of anilines is 1. The smallest absolute Gasteiger partial charge is 0.240 e. The number of nitrogens with one attached hydrogen (secondary N) is 1. The topological polar surface area (TPSA) is 32.3 Å². The maximum absolute atomic E-state index is 12.2. The molecule has 1 aromatic carbocycles. The number of rotatable bonds is 7. The van der Waals surface area contributed by atoms with Crippen LogP contribution in [0, 0.1) is 0 Å². The molecular weight excluding hydrogens is 224 g/mol. The maximum Gasteiger partial charge on any atom is 0.240 e. The molecule has 0 bridgehead atoms. The molecule has 0 aliphatic heterocycles. The van der Waals surface area contributed by atoms with Gasteiger partial charge in [-0.2, -0.15) is 0 Å². The number of carbonyl (C=O) groups excluding carboxylic acids is 1. The van der Waals surface area contributed by atoms with Gasteiger partial charge in [-0.25, -0.2) is 0 Å². The van der Waals surface area contributed by atoms with Gasteiger partial charge >= 0.3 is 0 Å². The van der Waals surface area contributed by atoms with E-state index < -0.39 is 0 Å². The Morgan fingerprint density at radius 2 is 1.94 bits per heavy atom. The standard InChI is InChI=1S/C15H24N2O/c1-4-5-11-17(14-9-7-6-8-10-14)15(18)12-16-13(2)3/h6-10,13,16H,4-5,11-12H2,1-3H3. The van der Waals surface area contributed by atoms with Gasteiger partial charge in [0, 0.05) is 18.3 Å². The monoisotopic (exact) mass is 248 g/mol. The third kappa shape index (κ3) is 4.88. The molecule has 0 unspecified atom stereocenters. The van der Waals surface area contributed by atoms with Crippen molar-refractivity contribution in [3.8, 4) is 0 Å². The van der Waals surface area contributed by atoms with Crippen LogP contribution in [0.5, 0.6) is 0 Å². The number of para-hydroxylation sites is 1. The Labute approximate surface area is 110 Å². The lowest BCUT2D eigenvalue weighted by atomic mass is 10.2. The van der Waals surface area contributed by atoms with E-state index in [9.17, 15) is 4.79 Å². The Balaban J connectivity index is 2.69. The summed E-state index contributed by atoms with van der Waals surface area (Å²) in [6.45, 7) is 7.42. The third-order valence-electron chi connectivity index (χ3n) is 2.77. The number of amides is 1. The first-order valence-corrected chi connectivity index (χ1v) is 6.74. The second-order valence-corrected chi connectivity index (χ2v) is 4.77. The van der Waals surface area contributed by atoms with Crippen molar-refractivity contribution in [1.29, 1.82) is 0 Å². The maximum atomic E-state index is 12.2. The highest BCUT2D eigenvalue weighted by atomic mass is 16.2. The Morgan fingerprint density at radius 1 is 1.28 bits per heavy atom. The first-order valence-electron chi connectivity index (χ1n) is 6.74. The zero-order valence-electron chi connectivity index (χ0n) is 11.6. The summed E-state index contributed by atoms with van der Waals surface area (Å²) in [5.41, 5.74) is 0.988. The van der Waals surface area contributed by atoms with Gasteiger partial charge in [0.25, 0.3) is 0 Å². The van der Waals surface area contributed by atoms with Crippen molar-refractivity contribution in [2.24, 2.45) is 0 Å². The molecule has 0 heterocycles. The van der Waals surface area contributed by atoms with E-state index in [1.54, 1.807) is 0 Å². The minimum Gasteiger partial charge on any atom is -0.311 e. The summed E-state index contributed by atoms with van der Waals surface area (Å²) in [4.78, 5) is 14.1. The minimum atomic E-state index is 0.142. The van der Waals surface area contributed by atoms with Crippen LogP contribution in [0.15, 0.2) is 30.3 Å². The molecule has 0 saturated heterocycles. The highest BCUT2D eigenvalue weighted by molar-refractivity contribution is 5.94. The lowest BCUT2D eigenvalue weighted by Gasteiger charge is -2.23. The molecular formula is C15H24N2O. The average Bonchev–Trinajstić information content (AvgIpc) is 2.38. The molecule has 0 saturated carbocycles. The Kier molecular flexibility index (Phi) is 6.44. The van der Waals surface area contributed by atoms with Crippen LogP contribution in [0.2, 0.25) is 0 Å². The Morgan fingerprint density at radius 3 is 2.50 bits per heavy atom. The highest BCUT2D eigenvalue weighted by Crippen LogP contribution is 2.14. The number of nitrogens with zero attached hydrogens (tertiary/aromatic N) is 1. The third-order valence-corrected chi connectivity index (χ3v) is 2.77. The lowest BCUT2D eigenvalue weighted by molar-refractivity contribution is -0.117. The molecule has 0 spiro atoms. The molecule has 3 heteroatoms. The predicted molar refractivity (Wildman–Crippen MR) is 76.8 cm³/mol. The first kappa shape index (κ1) is 14.7. The summed E-state index contributed by atoms with van der Waals surface area (Å²) in [6.07, 6.45) is 2.12. The molecule has 0 radical (unpaired) electrons. The van der Waals surface area contributed by atoms with Crippen LogP contribution in [0.1, 0.15) is 33.6 Å². The second kappa shape index (κ2) is 7.88. The zero-order chi connectivity index (χ0) is 13.4. The van der Waals surface area contributed by atoms with Crippen molar-refractivity contribution >= 4 is 11.6 Å². The summed E-state index contributed by atoms with van der Waals surface area (Å²) < 4.78 is 0. The van der Waals surface area contributed by atoms with Crippen LogP contribution >= 0.6 is 0 Å². The van der Waals surface area contributed by atoms with Crippen LogP contribution in [0.25, 0.3) is 0 Å². The zero-order valence-corrected chi connectivity index (χ0v) is 11.6. The Hall–Kier alpha value is -1.35. The van der Waals surface area contributed by atoms with Gasteiger partial charge in [-0.05, 0) is 18.6 Å². The fourth-order valence-electron chi connectivity index (χ4n) is 1.71. The van der Waals surface area contributed by atoms with Gasteiger partial charge in [0.2, 0.25) is 5.91 Å². The van der Waals surface area contributed by atoms with E-state index >= 15 is 0 Å². The van der Waals surface area contributed by atoms with Crippen molar-refractivity contribution in [1.82, 2.24) is 5.32 Å². The van der Waals surface area contributed by atoms with Crippen molar-refractivity contribution in [2.45, 2.75) is 39.7 Å². The minimum absolute atomic E-state index is 0.142. The first-order chi connectivity index (χ1) is 8.65. The van der Waals surface area contributed by atoms with E-state index in [1.807, 2.05) is 49.1 Å². The number of hydrogen-bond donors (Lipinski definition) is 1. The van der Waals surface area contributed by atoms with Gasteiger partial charge in [-0.15, -0.1) is 0 Å². The van der Waals surface area contributed by atoms with Crippen LogP contribution in [-0.2, 0) is 4.79 Å². The molecule has 1 N–H and O–H groups in total.